The van der Waals surface area contributed by atoms with Gasteiger partial charge in [-0.25, -0.2) is 0 Å². The van der Waals surface area contributed by atoms with Crippen molar-refractivity contribution in [3.05, 3.63) is 29.8 Å². The van der Waals surface area contributed by atoms with E-state index in [1.54, 1.807) is 13.0 Å². The Hall–Kier alpha value is -2.19. The van der Waals surface area contributed by atoms with E-state index in [2.05, 4.69) is 20.5 Å². The van der Waals surface area contributed by atoms with Crippen molar-refractivity contribution >= 4 is 11.7 Å². The number of carbonyl (C=O) groups is 1. The highest BCUT2D eigenvalue weighted by Crippen LogP contribution is 2.13. The molecule has 0 saturated carbocycles. The quantitative estimate of drug-likeness (QED) is 0.885. The molecule has 1 N–H and O–H groups in total. The van der Waals surface area contributed by atoms with Crippen molar-refractivity contribution in [2.24, 2.45) is 0 Å². The van der Waals surface area contributed by atoms with Crippen molar-refractivity contribution < 1.29 is 14.1 Å². The maximum atomic E-state index is 12.4. The third-order valence-electron chi connectivity index (χ3n) is 4.13. The van der Waals surface area contributed by atoms with Gasteiger partial charge in [-0.2, -0.15) is 5.10 Å². The summed E-state index contributed by atoms with van der Waals surface area (Å²) < 4.78 is 12.7. The second-order valence-electron chi connectivity index (χ2n) is 6.22. The van der Waals surface area contributed by atoms with Gasteiger partial charge in [0, 0.05) is 25.4 Å². The number of aryl methyl sites for hydroxylation is 2. The number of anilines is 1. The molecule has 2 aromatic heterocycles. The second kappa shape index (κ2) is 7.14. The lowest BCUT2D eigenvalue weighted by Crippen LogP contribution is -2.51. The highest BCUT2D eigenvalue weighted by molar-refractivity contribution is 5.93. The van der Waals surface area contributed by atoms with Crippen molar-refractivity contribution in [1.82, 2.24) is 19.8 Å². The van der Waals surface area contributed by atoms with E-state index in [0.717, 1.165) is 12.1 Å². The van der Waals surface area contributed by atoms with Crippen molar-refractivity contribution in [1.29, 1.82) is 0 Å². The number of nitrogens with one attached hydrogen (secondary N) is 1. The lowest BCUT2D eigenvalue weighted by Gasteiger charge is -2.35. The predicted molar refractivity (Wildman–Crippen MR) is 87.6 cm³/mol. The molecule has 3 rings (SSSR count). The number of nitrogens with zero attached hydrogens (tertiary/aromatic N) is 4. The van der Waals surface area contributed by atoms with Gasteiger partial charge >= 0.3 is 0 Å². The van der Waals surface area contributed by atoms with Gasteiger partial charge in [0.15, 0.2) is 5.82 Å². The first-order chi connectivity index (χ1) is 11.5. The molecule has 3 heterocycles. The molecule has 1 amide bonds. The van der Waals surface area contributed by atoms with Crippen molar-refractivity contribution in [3.8, 4) is 0 Å². The molecule has 2 unspecified atom stereocenters. The topological polar surface area (TPSA) is 85.4 Å². The third-order valence-corrected chi connectivity index (χ3v) is 4.13. The van der Waals surface area contributed by atoms with E-state index in [0.29, 0.717) is 31.3 Å². The zero-order chi connectivity index (χ0) is 17.1. The zero-order valence-corrected chi connectivity index (χ0v) is 14.2. The molecule has 0 radical (unpaired) electrons. The first-order valence-electron chi connectivity index (χ1n) is 8.10. The Bertz CT molecular complexity index is 695. The molecule has 24 heavy (non-hydrogen) atoms. The molecule has 0 aromatic carbocycles. The Morgan fingerprint density at radius 3 is 3.00 bits per heavy atom. The molecular weight excluding hydrogens is 310 g/mol. The summed E-state index contributed by atoms with van der Waals surface area (Å²) in [7, 11) is 0. The van der Waals surface area contributed by atoms with Crippen molar-refractivity contribution in [2.45, 2.75) is 39.5 Å². The number of carbonyl (C=O) groups excluding carboxylic acids is 1. The van der Waals surface area contributed by atoms with E-state index in [9.17, 15) is 4.79 Å². The number of amides is 1. The molecule has 1 aliphatic heterocycles. The molecule has 1 aliphatic rings. The van der Waals surface area contributed by atoms with Gasteiger partial charge < -0.3 is 14.6 Å². The zero-order valence-electron chi connectivity index (χ0n) is 14.2. The number of aromatic nitrogens is 3. The number of hydrogen-bond donors (Lipinski definition) is 1. The maximum Gasteiger partial charge on any atom is 0.242 e. The monoisotopic (exact) mass is 333 g/mol. The third kappa shape index (κ3) is 4.01. The Balaban J connectivity index is 1.55. The Morgan fingerprint density at radius 2 is 2.33 bits per heavy atom. The summed E-state index contributed by atoms with van der Waals surface area (Å²) in [6, 6.07) is 1.43. The summed E-state index contributed by atoms with van der Waals surface area (Å²) in [5.74, 6) is 1.01. The molecule has 8 nitrogen and oxygen atoms in total. The SMILES string of the molecule is Cc1cnn(CC2CN(C(C)C(=O)Nc3cc(C)on3)CCO2)c1. The fraction of sp³-hybridized carbons (Fsp3) is 0.562. The number of hydrogen-bond acceptors (Lipinski definition) is 6. The molecule has 2 aromatic rings. The van der Waals surface area contributed by atoms with Gasteiger partial charge in [0.1, 0.15) is 5.76 Å². The predicted octanol–water partition coefficient (Wildman–Crippen LogP) is 1.22. The summed E-state index contributed by atoms with van der Waals surface area (Å²) in [6.07, 6.45) is 3.84. The van der Waals surface area contributed by atoms with E-state index < -0.39 is 0 Å². The average Bonchev–Trinajstić information content (AvgIpc) is 3.15. The number of ether oxygens (including phenoxy) is 1. The van der Waals surface area contributed by atoms with Crippen LogP contribution in [0, 0.1) is 13.8 Å². The van der Waals surface area contributed by atoms with Crippen molar-refractivity contribution in [3.63, 3.8) is 0 Å². The lowest BCUT2D eigenvalue weighted by molar-refractivity contribution is -0.124. The number of rotatable bonds is 5. The van der Waals surface area contributed by atoms with Crippen LogP contribution in [0.2, 0.25) is 0 Å². The summed E-state index contributed by atoms with van der Waals surface area (Å²) in [5, 5.41) is 10.9. The minimum atomic E-state index is -0.271. The van der Waals surface area contributed by atoms with Crippen LogP contribution in [-0.2, 0) is 16.1 Å². The minimum Gasteiger partial charge on any atom is -0.374 e. The van der Waals surface area contributed by atoms with Crippen LogP contribution in [0.4, 0.5) is 5.82 Å². The molecule has 2 atom stereocenters. The molecule has 0 bridgehead atoms. The van der Waals surface area contributed by atoms with Gasteiger partial charge in [0.2, 0.25) is 5.91 Å². The van der Waals surface area contributed by atoms with Gasteiger partial charge in [0.25, 0.3) is 0 Å². The molecule has 130 valence electrons. The number of morpholine rings is 1. The highest BCUT2D eigenvalue weighted by atomic mass is 16.5. The second-order valence-corrected chi connectivity index (χ2v) is 6.22. The highest BCUT2D eigenvalue weighted by Gasteiger charge is 2.28. The largest absolute Gasteiger partial charge is 0.374 e. The van der Waals surface area contributed by atoms with E-state index in [1.807, 2.05) is 30.9 Å². The van der Waals surface area contributed by atoms with Crippen LogP contribution in [0.15, 0.2) is 23.0 Å². The summed E-state index contributed by atoms with van der Waals surface area (Å²) in [4.78, 5) is 14.5. The van der Waals surface area contributed by atoms with Crippen LogP contribution >= 0.6 is 0 Å². The standard InChI is InChI=1S/C16H23N5O3/c1-11-7-17-21(8-11)10-14-9-20(4-5-23-14)13(3)16(22)18-15-6-12(2)24-19-15/h6-8,13-14H,4-5,9-10H2,1-3H3,(H,18,19,22). The van der Waals surface area contributed by atoms with Crippen LogP contribution in [0.25, 0.3) is 0 Å². The smallest absolute Gasteiger partial charge is 0.242 e. The fourth-order valence-corrected chi connectivity index (χ4v) is 2.80. The molecule has 1 saturated heterocycles. The van der Waals surface area contributed by atoms with E-state index in [-0.39, 0.29) is 18.1 Å². The summed E-state index contributed by atoms with van der Waals surface area (Å²) in [6.45, 7) is 8.38. The van der Waals surface area contributed by atoms with E-state index >= 15 is 0 Å². The van der Waals surface area contributed by atoms with Gasteiger partial charge in [-0.05, 0) is 26.3 Å². The first-order valence-corrected chi connectivity index (χ1v) is 8.10. The molecule has 1 fully saturated rings. The molecule has 0 aliphatic carbocycles. The van der Waals surface area contributed by atoms with E-state index in [4.69, 9.17) is 9.26 Å². The maximum absolute atomic E-state index is 12.4. The van der Waals surface area contributed by atoms with Crippen LogP contribution < -0.4 is 5.32 Å². The minimum absolute atomic E-state index is 0.0163. The molecule has 0 spiro atoms. The van der Waals surface area contributed by atoms with Gasteiger partial charge in [-0.15, -0.1) is 0 Å². The van der Waals surface area contributed by atoms with E-state index in [1.165, 1.54) is 0 Å². The summed E-state index contributed by atoms with van der Waals surface area (Å²) in [5.41, 5.74) is 1.12. The Labute approximate surface area is 140 Å². The average molecular weight is 333 g/mol. The molecular formula is C16H23N5O3. The van der Waals surface area contributed by atoms with Gasteiger partial charge in [0.05, 0.1) is 31.5 Å². The van der Waals surface area contributed by atoms with Crippen LogP contribution in [0.1, 0.15) is 18.2 Å². The van der Waals surface area contributed by atoms with Gasteiger partial charge in [-0.3, -0.25) is 14.4 Å². The van der Waals surface area contributed by atoms with Crippen LogP contribution in [-0.4, -0.2) is 57.6 Å². The van der Waals surface area contributed by atoms with Gasteiger partial charge in [-0.1, -0.05) is 5.16 Å². The fourth-order valence-electron chi connectivity index (χ4n) is 2.80. The Kier molecular flexibility index (Phi) is 4.96. The normalized spacial score (nSPS) is 20.0. The Morgan fingerprint density at radius 1 is 1.50 bits per heavy atom. The van der Waals surface area contributed by atoms with Crippen LogP contribution in [0.5, 0.6) is 0 Å². The summed E-state index contributed by atoms with van der Waals surface area (Å²) >= 11 is 0. The van der Waals surface area contributed by atoms with Crippen LogP contribution in [0.3, 0.4) is 0 Å². The lowest BCUT2D eigenvalue weighted by atomic mass is 10.2. The molecule has 8 heteroatoms. The van der Waals surface area contributed by atoms with Crippen molar-refractivity contribution in [2.75, 3.05) is 25.0 Å². The first kappa shape index (κ1) is 16.7.